The van der Waals surface area contributed by atoms with Crippen molar-refractivity contribution in [2.24, 2.45) is 0 Å². The van der Waals surface area contributed by atoms with Gasteiger partial charge in [-0.2, -0.15) is 5.10 Å². The van der Waals surface area contributed by atoms with Gasteiger partial charge < -0.3 is 0 Å². The molecular formula is C13H19BN4S. The second kappa shape index (κ2) is 5.22. The SMILES string of the molecule is CCCn1cc(SN2CCB(C#N)C3(CC3)C2)cn1. The Bertz CT molecular complexity index is 491. The Balaban J connectivity index is 1.60. The smallest absolute Gasteiger partial charge is 0.272 e. The third-order valence-corrected chi connectivity index (χ3v) is 5.23. The fourth-order valence-corrected chi connectivity index (χ4v) is 4.04. The van der Waals surface area contributed by atoms with Gasteiger partial charge in [0, 0.05) is 31.8 Å². The van der Waals surface area contributed by atoms with E-state index in [0.717, 1.165) is 32.4 Å². The first-order chi connectivity index (χ1) is 9.25. The normalized spacial score (nSPS) is 21.6. The third kappa shape index (κ3) is 2.68. The van der Waals surface area contributed by atoms with Gasteiger partial charge in [-0.1, -0.05) is 19.8 Å². The molecule has 0 aromatic carbocycles. The van der Waals surface area contributed by atoms with Gasteiger partial charge in [-0.25, -0.2) is 9.57 Å². The molecule has 0 bridgehead atoms. The van der Waals surface area contributed by atoms with Gasteiger partial charge in [-0.05, 0) is 30.0 Å². The molecule has 1 aliphatic carbocycles. The topological polar surface area (TPSA) is 44.9 Å². The average molecular weight is 274 g/mol. The first kappa shape index (κ1) is 13.1. The van der Waals surface area contributed by atoms with E-state index >= 15 is 0 Å². The van der Waals surface area contributed by atoms with Crippen LogP contribution in [-0.4, -0.2) is 33.9 Å². The van der Waals surface area contributed by atoms with Gasteiger partial charge in [0.25, 0.3) is 6.71 Å². The van der Waals surface area contributed by atoms with Crippen LogP contribution in [0.25, 0.3) is 0 Å². The fraction of sp³-hybridized carbons (Fsp3) is 0.692. The Morgan fingerprint density at radius 2 is 2.42 bits per heavy atom. The Morgan fingerprint density at radius 3 is 3.11 bits per heavy atom. The van der Waals surface area contributed by atoms with Crippen LogP contribution in [0.4, 0.5) is 0 Å². The van der Waals surface area contributed by atoms with Gasteiger partial charge in [0.1, 0.15) is 0 Å². The van der Waals surface area contributed by atoms with Crippen LogP contribution in [0.1, 0.15) is 26.2 Å². The van der Waals surface area contributed by atoms with Crippen LogP contribution in [-0.2, 0) is 6.54 Å². The summed E-state index contributed by atoms with van der Waals surface area (Å²) in [6.45, 7) is 5.52. The highest BCUT2D eigenvalue weighted by atomic mass is 32.2. The van der Waals surface area contributed by atoms with Gasteiger partial charge in [0.2, 0.25) is 0 Å². The summed E-state index contributed by atoms with van der Waals surface area (Å²) in [6, 6.07) is 0. The van der Waals surface area contributed by atoms with Gasteiger partial charge in [0.05, 0.1) is 11.1 Å². The van der Waals surface area contributed by atoms with E-state index in [1.807, 2.05) is 10.9 Å². The standard InChI is InChI=1S/C13H19BN4S/c1-2-6-17-9-12(8-16-17)19-18-7-5-14(11-15)13(10-18)3-4-13/h8-9H,2-7,10H2,1H3. The monoisotopic (exact) mass is 274 g/mol. The van der Waals surface area contributed by atoms with Crippen LogP contribution < -0.4 is 0 Å². The molecule has 3 rings (SSSR count). The number of hydrogen-bond acceptors (Lipinski definition) is 4. The maximum atomic E-state index is 9.22. The molecule has 0 amide bonds. The van der Waals surface area contributed by atoms with E-state index in [1.54, 1.807) is 11.9 Å². The molecule has 4 nitrogen and oxygen atoms in total. The van der Waals surface area contributed by atoms with Crippen molar-refractivity contribution in [3.05, 3.63) is 12.4 Å². The summed E-state index contributed by atoms with van der Waals surface area (Å²) in [5, 5.41) is 13.9. The highest BCUT2D eigenvalue weighted by Gasteiger charge is 2.55. The number of aryl methyl sites for hydroxylation is 1. The summed E-state index contributed by atoms with van der Waals surface area (Å²) < 4.78 is 4.44. The Hall–Kier alpha value is -0.925. The van der Waals surface area contributed by atoms with E-state index in [9.17, 15) is 5.26 Å². The van der Waals surface area contributed by atoms with Crippen LogP contribution in [0.3, 0.4) is 0 Å². The van der Waals surface area contributed by atoms with E-state index in [-0.39, 0.29) is 6.71 Å². The first-order valence-corrected chi connectivity index (χ1v) is 7.88. The summed E-state index contributed by atoms with van der Waals surface area (Å²) in [5.41, 5.74) is 0. The van der Waals surface area contributed by atoms with Gasteiger partial charge in [-0.15, -0.1) is 0 Å². The average Bonchev–Trinajstić information content (AvgIpc) is 3.01. The lowest BCUT2D eigenvalue weighted by Gasteiger charge is -2.33. The van der Waals surface area contributed by atoms with Crippen molar-refractivity contribution in [3.8, 4) is 5.97 Å². The molecule has 0 unspecified atom stereocenters. The molecule has 1 aromatic rings. The molecular weight excluding hydrogens is 255 g/mol. The number of nitrogens with zero attached hydrogens (tertiary/aromatic N) is 4. The molecule has 2 heterocycles. The highest BCUT2D eigenvalue weighted by molar-refractivity contribution is 7.97. The van der Waals surface area contributed by atoms with Gasteiger partial charge in [0.15, 0.2) is 0 Å². The Kier molecular flexibility index (Phi) is 3.59. The lowest BCUT2D eigenvalue weighted by molar-refractivity contribution is 0.448. The second-order valence-corrected chi connectivity index (χ2v) is 6.90. The third-order valence-electron chi connectivity index (χ3n) is 4.24. The van der Waals surface area contributed by atoms with Crippen molar-refractivity contribution in [2.45, 2.75) is 49.3 Å². The minimum Gasteiger partial charge on any atom is -0.272 e. The zero-order chi connectivity index (χ0) is 13.3. The fourth-order valence-electron chi connectivity index (χ4n) is 2.96. The predicted molar refractivity (Wildman–Crippen MR) is 78.0 cm³/mol. The molecule has 2 fully saturated rings. The maximum absolute atomic E-state index is 9.22. The van der Waals surface area contributed by atoms with Crippen LogP contribution in [0, 0.1) is 11.2 Å². The Morgan fingerprint density at radius 1 is 1.58 bits per heavy atom. The van der Waals surface area contributed by atoms with E-state index in [2.05, 4.69) is 28.5 Å². The molecule has 1 saturated carbocycles. The van der Waals surface area contributed by atoms with Crippen molar-refractivity contribution in [1.82, 2.24) is 14.1 Å². The molecule has 1 saturated heterocycles. The van der Waals surface area contributed by atoms with Crippen LogP contribution in [0.15, 0.2) is 17.3 Å². The molecule has 100 valence electrons. The molecule has 0 radical (unpaired) electrons. The zero-order valence-electron chi connectivity index (χ0n) is 11.4. The van der Waals surface area contributed by atoms with Crippen molar-refractivity contribution in [2.75, 3.05) is 13.1 Å². The van der Waals surface area contributed by atoms with Crippen molar-refractivity contribution >= 4 is 18.7 Å². The van der Waals surface area contributed by atoms with Gasteiger partial charge in [-0.3, -0.25) is 4.68 Å². The predicted octanol–water partition coefficient (Wildman–Crippen LogP) is 2.71. The number of nitriles is 1. The molecule has 2 aliphatic rings. The summed E-state index contributed by atoms with van der Waals surface area (Å²) in [4.78, 5) is 1.22. The molecule has 1 aliphatic heterocycles. The molecule has 0 N–H and O–H groups in total. The number of rotatable bonds is 4. The highest BCUT2D eigenvalue weighted by Crippen LogP contribution is 2.59. The van der Waals surface area contributed by atoms with Crippen LogP contribution >= 0.6 is 11.9 Å². The minimum atomic E-state index is 0.284. The molecule has 0 atom stereocenters. The summed E-state index contributed by atoms with van der Waals surface area (Å²) >= 11 is 1.81. The van der Waals surface area contributed by atoms with Crippen molar-refractivity contribution < 1.29 is 0 Å². The lowest BCUT2D eigenvalue weighted by atomic mass is 9.36. The quantitative estimate of drug-likeness (QED) is 0.625. The number of aromatic nitrogens is 2. The maximum Gasteiger partial charge on any atom is 0.276 e. The summed E-state index contributed by atoms with van der Waals surface area (Å²) in [7, 11) is 0. The van der Waals surface area contributed by atoms with Crippen molar-refractivity contribution in [1.29, 1.82) is 5.26 Å². The summed E-state index contributed by atoms with van der Waals surface area (Å²) in [6.07, 6.45) is 8.68. The first-order valence-electron chi connectivity index (χ1n) is 7.11. The van der Waals surface area contributed by atoms with E-state index in [0.29, 0.717) is 5.31 Å². The zero-order valence-corrected chi connectivity index (χ0v) is 12.2. The largest absolute Gasteiger partial charge is 0.276 e. The van der Waals surface area contributed by atoms with Crippen LogP contribution in [0.5, 0.6) is 0 Å². The van der Waals surface area contributed by atoms with E-state index in [4.69, 9.17) is 0 Å². The second-order valence-electron chi connectivity index (χ2n) is 5.73. The Labute approximate surface area is 119 Å². The van der Waals surface area contributed by atoms with Gasteiger partial charge >= 0.3 is 0 Å². The molecule has 6 heteroatoms. The lowest BCUT2D eigenvalue weighted by Crippen LogP contribution is -2.39. The molecule has 19 heavy (non-hydrogen) atoms. The molecule has 1 aromatic heterocycles. The molecule has 1 spiro atoms. The summed E-state index contributed by atoms with van der Waals surface area (Å²) in [5.74, 6) is 2.51. The van der Waals surface area contributed by atoms with Crippen molar-refractivity contribution in [3.63, 3.8) is 0 Å². The van der Waals surface area contributed by atoms with E-state index < -0.39 is 0 Å². The van der Waals surface area contributed by atoms with Crippen LogP contribution in [0.2, 0.25) is 11.6 Å². The van der Waals surface area contributed by atoms with E-state index in [1.165, 1.54) is 17.7 Å². The number of hydrogen-bond donors (Lipinski definition) is 0. The minimum absolute atomic E-state index is 0.284.